The summed E-state index contributed by atoms with van der Waals surface area (Å²) in [6.07, 6.45) is 16.9. The fourth-order valence-electron chi connectivity index (χ4n) is 7.27. The molecule has 1 aliphatic heterocycles. The Hall–Kier alpha value is -4.02. The Morgan fingerprint density at radius 3 is 2.04 bits per heavy atom. The number of ether oxygens (including phenoxy) is 2. The van der Waals surface area contributed by atoms with E-state index in [0.29, 0.717) is 22.9 Å². The maximum absolute atomic E-state index is 13.0. The van der Waals surface area contributed by atoms with E-state index in [1.807, 2.05) is 66.7 Å². The first-order valence-electron chi connectivity index (χ1n) is 20.2. The van der Waals surface area contributed by atoms with Crippen molar-refractivity contribution in [2.45, 2.75) is 133 Å². The minimum Gasteiger partial charge on any atom is -0.478 e. The van der Waals surface area contributed by atoms with E-state index in [-0.39, 0.29) is 24.0 Å². The summed E-state index contributed by atoms with van der Waals surface area (Å²) in [4.78, 5) is 29.4. The van der Waals surface area contributed by atoms with Crippen LogP contribution in [-0.2, 0) is 20.9 Å². The number of carbonyl (C=O) groups excluding carboxylic acids is 1. The summed E-state index contributed by atoms with van der Waals surface area (Å²) < 4.78 is 13.6. The number of hydrogen-bond acceptors (Lipinski definition) is 7. The van der Waals surface area contributed by atoms with Crippen LogP contribution in [0.1, 0.15) is 148 Å². The van der Waals surface area contributed by atoms with Gasteiger partial charge in [-0.25, -0.2) is 9.78 Å². The number of carboxylic acids is 1. The van der Waals surface area contributed by atoms with Gasteiger partial charge in [-0.1, -0.05) is 151 Å². The second-order valence-electron chi connectivity index (χ2n) is 14.5. The van der Waals surface area contributed by atoms with E-state index in [9.17, 15) is 19.8 Å². The SMILES string of the molecule is CCCCCCCCCCCCCCCC(=O)Nc1cccc(C2OC(CSc3ncccc3C(=O)O)C(c3ccccc3)C(c3ccc(CO)cc3)O2)c1. The molecule has 4 unspecified atom stereocenters. The predicted octanol–water partition coefficient (Wildman–Crippen LogP) is 11.4. The van der Waals surface area contributed by atoms with Crippen LogP contribution in [0, 0.1) is 0 Å². The smallest absolute Gasteiger partial charge is 0.338 e. The molecule has 1 amide bonds. The highest BCUT2D eigenvalue weighted by molar-refractivity contribution is 7.99. The molecule has 0 spiro atoms. The zero-order valence-corrected chi connectivity index (χ0v) is 33.1. The summed E-state index contributed by atoms with van der Waals surface area (Å²) in [5.74, 6) is -0.867. The van der Waals surface area contributed by atoms with Crippen molar-refractivity contribution in [3.63, 3.8) is 0 Å². The Kier molecular flexibility index (Phi) is 17.7. The molecule has 1 aromatic heterocycles. The number of carboxylic acid groups (broad SMARTS) is 1. The molecule has 1 aliphatic rings. The first-order chi connectivity index (χ1) is 27.0. The highest BCUT2D eigenvalue weighted by atomic mass is 32.2. The molecule has 3 N–H and O–H groups in total. The molecule has 5 rings (SSSR count). The number of benzene rings is 3. The second kappa shape index (κ2) is 23.1. The minimum absolute atomic E-state index is 0.00410. The lowest BCUT2D eigenvalue weighted by Crippen LogP contribution is -2.38. The predicted molar refractivity (Wildman–Crippen MR) is 220 cm³/mol. The third kappa shape index (κ3) is 13.3. The maximum atomic E-state index is 13.0. The summed E-state index contributed by atoms with van der Waals surface area (Å²) in [5, 5.41) is 23.1. The molecule has 1 saturated heterocycles. The van der Waals surface area contributed by atoms with Crippen LogP contribution in [0.4, 0.5) is 5.69 Å². The van der Waals surface area contributed by atoms with Crippen molar-refractivity contribution in [2.24, 2.45) is 0 Å². The number of aliphatic hydroxyl groups excluding tert-OH is 1. The molecule has 9 heteroatoms. The van der Waals surface area contributed by atoms with Gasteiger partial charge in [0, 0.05) is 35.5 Å². The van der Waals surface area contributed by atoms with Crippen molar-refractivity contribution < 1.29 is 29.3 Å². The van der Waals surface area contributed by atoms with Gasteiger partial charge in [-0.05, 0) is 47.4 Å². The topological polar surface area (TPSA) is 118 Å². The van der Waals surface area contributed by atoms with E-state index in [2.05, 4.69) is 29.4 Å². The molecule has 0 saturated carbocycles. The number of pyridine rings is 1. The number of rotatable bonds is 23. The van der Waals surface area contributed by atoms with Crippen LogP contribution >= 0.6 is 11.8 Å². The van der Waals surface area contributed by atoms with Crippen molar-refractivity contribution in [3.05, 3.63) is 125 Å². The lowest BCUT2D eigenvalue weighted by Gasteiger charge is -2.43. The average molecular weight is 767 g/mol. The summed E-state index contributed by atoms with van der Waals surface area (Å²) in [7, 11) is 0. The molecule has 1 fully saturated rings. The molecular weight excluding hydrogens is 709 g/mol. The molecule has 55 heavy (non-hydrogen) atoms. The van der Waals surface area contributed by atoms with Crippen LogP contribution in [0.15, 0.2) is 102 Å². The molecule has 2 heterocycles. The highest BCUT2D eigenvalue weighted by Crippen LogP contribution is 2.48. The van der Waals surface area contributed by atoms with Crippen LogP contribution in [-0.4, -0.2) is 38.9 Å². The standard InChI is InChI=1S/C46H58N2O6S/c1-2-3-4-5-6-7-8-9-10-11-12-13-17-25-41(50)48-38-23-18-22-37(31-38)46-53-40(33-55-44-39(45(51)52)24-19-30-47-44)42(35-20-15-14-16-21-35)43(54-46)36-28-26-34(32-49)27-29-36/h14-16,18-24,26-31,40,42-43,46,49H,2-13,17,25,32-33H2,1H3,(H,48,50)(H,51,52). The minimum atomic E-state index is -1.03. The van der Waals surface area contributed by atoms with Crippen molar-refractivity contribution >= 4 is 29.3 Å². The van der Waals surface area contributed by atoms with Crippen molar-refractivity contribution in [2.75, 3.05) is 11.1 Å². The normalized spacial score (nSPS) is 18.2. The Morgan fingerprint density at radius 1 is 0.727 bits per heavy atom. The van der Waals surface area contributed by atoms with Gasteiger partial charge in [-0.2, -0.15) is 0 Å². The highest BCUT2D eigenvalue weighted by Gasteiger charge is 2.42. The third-order valence-corrected chi connectivity index (χ3v) is 11.4. The number of nitrogens with zero attached hydrogens (tertiary/aromatic N) is 1. The van der Waals surface area contributed by atoms with Gasteiger partial charge < -0.3 is 25.0 Å². The molecule has 294 valence electrons. The Balaban J connectivity index is 1.23. The summed E-state index contributed by atoms with van der Waals surface area (Å²) >= 11 is 1.35. The largest absolute Gasteiger partial charge is 0.478 e. The van der Waals surface area contributed by atoms with Gasteiger partial charge in [0.05, 0.1) is 24.4 Å². The van der Waals surface area contributed by atoms with Gasteiger partial charge in [-0.15, -0.1) is 11.8 Å². The average Bonchev–Trinajstić information content (AvgIpc) is 3.22. The number of amides is 1. The van der Waals surface area contributed by atoms with Crippen LogP contribution in [0.5, 0.6) is 0 Å². The summed E-state index contributed by atoms with van der Waals surface area (Å²) in [6.45, 7) is 2.20. The number of hydrogen-bond donors (Lipinski definition) is 3. The molecule has 0 bridgehead atoms. The fraction of sp³-hybridized carbons (Fsp3) is 0.457. The van der Waals surface area contributed by atoms with E-state index < -0.39 is 24.5 Å². The first-order valence-corrected chi connectivity index (χ1v) is 21.2. The van der Waals surface area contributed by atoms with Crippen molar-refractivity contribution in [1.29, 1.82) is 0 Å². The van der Waals surface area contributed by atoms with Gasteiger partial charge in [0.25, 0.3) is 0 Å². The number of nitrogens with one attached hydrogen (secondary N) is 1. The van der Waals surface area contributed by atoms with Crippen LogP contribution < -0.4 is 5.32 Å². The summed E-state index contributed by atoms with van der Waals surface area (Å²) in [5.41, 5.74) is 4.35. The van der Waals surface area contributed by atoms with Gasteiger partial charge >= 0.3 is 5.97 Å². The van der Waals surface area contributed by atoms with Crippen LogP contribution in [0.25, 0.3) is 0 Å². The second-order valence-corrected chi connectivity index (χ2v) is 15.5. The number of unbranched alkanes of at least 4 members (excludes halogenated alkanes) is 12. The Labute approximate surface area is 331 Å². The van der Waals surface area contributed by atoms with Gasteiger partial charge in [0.1, 0.15) is 5.03 Å². The number of aliphatic hydroxyl groups is 1. The molecule has 4 atom stereocenters. The quantitative estimate of drug-likeness (QED) is 0.0504. The van der Waals surface area contributed by atoms with E-state index in [4.69, 9.17) is 9.47 Å². The zero-order valence-electron chi connectivity index (χ0n) is 32.2. The third-order valence-electron chi connectivity index (χ3n) is 10.3. The number of aromatic carboxylic acids is 1. The van der Waals surface area contributed by atoms with E-state index in [1.54, 1.807) is 18.3 Å². The molecule has 3 aromatic carbocycles. The lowest BCUT2D eigenvalue weighted by molar-refractivity contribution is -0.255. The fourth-order valence-corrected chi connectivity index (χ4v) is 8.33. The summed E-state index contributed by atoms with van der Waals surface area (Å²) in [6, 6.07) is 28.6. The Morgan fingerprint density at radius 2 is 1.38 bits per heavy atom. The van der Waals surface area contributed by atoms with E-state index in [1.165, 1.54) is 82.4 Å². The molecule has 4 aromatic rings. The molecule has 0 radical (unpaired) electrons. The van der Waals surface area contributed by atoms with Crippen molar-refractivity contribution in [1.82, 2.24) is 4.98 Å². The molecule has 0 aliphatic carbocycles. The monoisotopic (exact) mass is 766 g/mol. The number of thioether (sulfide) groups is 1. The van der Waals surface area contributed by atoms with Crippen LogP contribution in [0.2, 0.25) is 0 Å². The number of carbonyl (C=O) groups is 2. The molecule has 8 nitrogen and oxygen atoms in total. The van der Waals surface area contributed by atoms with E-state index in [0.717, 1.165) is 35.1 Å². The maximum Gasteiger partial charge on any atom is 0.338 e. The van der Waals surface area contributed by atoms with Gasteiger partial charge in [-0.3, -0.25) is 4.79 Å². The molecular formula is C46H58N2O6S. The van der Waals surface area contributed by atoms with Crippen LogP contribution in [0.3, 0.4) is 0 Å². The Bertz CT molecular complexity index is 1740. The van der Waals surface area contributed by atoms with Gasteiger partial charge in [0.15, 0.2) is 6.29 Å². The lowest BCUT2D eigenvalue weighted by atomic mass is 9.84. The number of aromatic nitrogens is 1. The van der Waals surface area contributed by atoms with Crippen molar-refractivity contribution in [3.8, 4) is 0 Å². The first kappa shape index (κ1) is 42.1. The number of anilines is 1. The van der Waals surface area contributed by atoms with E-state index >= 15 is 0 Å². The van der Waals surface area contributed by atoms with Gasteiger partial charge in [0.2, 0.25) is 5.91 Å². The zero-order chi connectivity index (χ0) is 38.7.